The molecule has 0 saturated carbocycles. The van der Waals surface area contributed by atoms with E-state index in [9.17, 15) is 4.79 Å². The lowest BCUT2D eigenvalue weighted by atomic mass is 10.0. The highest BCUT2D eigenvalue weighted by Gasteiger charge is 2.22. The average Bonchev–Trinajstić information content (AvgIpc) is 2.44. The fourth-order valence-electron chi connectivity index (χ4n) is 1.83. The summed E-state index contributed by atoms with van der Waals surface area (Å²) in [6, 6.07) is 6.13. The molecule has 0 bridgehead atoms. The van der Waals surface area contributed by atoms with Crippen LogP contribution in [0.15, 0.2) is 18.2 Å². The van der Waals surface area contributed by atoms with Crippen molar-refractivity contribution >= 4 is 17.7 Å². The van der Waals surface area contributed by atoms with Crippen molar-refractivity contribution in [3.8, 4) is 5.75 Å². The number of amides is 1. The largest absolute Gasteiger partial charge is 0.496 e. The van der Waals surface area contributed by atoms with Crippen molar-refractivity contribution in [2.45, 2.75) is 57.6 Å². The van der Waals surface area contributed by atoms with Gasteiger partial charge < -0.3 is 10.1 Å². The lowest BCUT2D eigenvalue weighted by Crippen LogP contribution is -2.46. The number of thioether (sulfide) groups is 1. The highest BCUT2D eigenvalue weighted by molar-refractivity contribution is 7.99. The fourth-order valence-corrected chi connectivity index (χ4v) is 2.70. The van der Waals surface area contributed by atoms with Crippen molar-refractivity contribution < 1.29 is 9.53 Å². The molecule has 0 spiro atoms. The Morgan fingerprint density at radius 3 is 2.67 bits per heavy atom. The normalized spacial score (nSPS) is 12.9. The molecule has 4 heteroatoms. The number of hydrogen-bond donors (Lipinski definition) is 1. The molecule has 0 fully saturated rings. The molecule has 0 radical (unpaired) electrons. The first-order chi connectivity index (χ1) is 9.79. The van der Waals surface area contributed by atoms with Crippen molar-refractivity contribution in [3.63, 3.8) is 0 Å². The van der Waals surface area contributed by atoms with Crippen LogP contribution in [0, 0.1) is 6.92 Å². The standard InChI is InChI=1S/C17H27NO2S/c1-7-17(4,5)18-16(19)13(3)21-11-14-10-12(2)8-9-15(14)20-6/h8-10,13H,7,11H2,1-6H3,(H,18,19). The van der Waals surface area contributed by atoms with Crippen LogP contribution in [0.3, 0.4) is 0 Å². The Balaban J connectivity index is 2.62. The molecule has 0 saturated heterocycles. The average molecular weight is 309 g/mol. The zero-order chi connectivity index (χ0) is 16.0. The Kier molecular flexibility index (Phi) is 6.59. The maximum absolute atomic E-state index is 12.2. The first-order valence-electron chi connectivity index (χ1n) is 7.36. The summed E-state index contributed by atoms with van der Waals surface area (Å²) in [7, 11) is 1.68. The minimum atomic E-state index is -0.146. The van der Waals surface area contributed by atoms with Gasteiger partial charge in [-0.25, -0.2) is 0 Å². The van der Waals surface area contributed by atoms with Gasteiger partial charge in [-0.2, -0.15) is 0 Å². The second-order valence-corrected chi connectivity index (χ2v) is 7.32. The van der Waals surface area contributed by atoms with Crippen LogP contribution in [0.1, 0.15) is 45.2 Å². The molecule has 3 nitrogen and oxygen atoms in total. The van der Waals surface area contributed by atoms with Gasteiger partial charge in [0.15, 0.2) is 0 Å². The molecule has 1 atom stereocenters. The summed E-state index contributed by atoms with van der Waals surface area (Å²) in [6.07, 6.45) is 0.918. The zero-order valence-electron chi connectivity index (χ0n) is 13.9. The van der Waals surface area contributed by atoms with E-state index in [1.807, 2.05) is 32.9 Å². The molecule has 1 aromatic carbocycles. The molecular weight excluding hydrogens is 282 g/mol. The number of carbonyl (C=O) groups is 1. The van der Waals surface area contributed by atoms with E-state index in [1.54, 1.807) is 18.9 Å². The number of carbonyl (C=O) groups excluding carboxylic acids is 1. The van der Waals surface area contributed by atoms with Crippen LogP contribution in [0.5, 0.6) is 5.75 Å². The van der Waals surface area contributed by atoms with E-state index in [0.29, 0.717) is 0 Å². The Bertz CT molecular complexity index is 486. The molecule has 0 aliphatic carbocycles. The lowest BCUT2D eigenvalue weighted by molar-refractivity contribution is -0.121. The van der Waals surface area contributed by atoms with Gasteiger partial charge >= 0.3 is 0 Å². The van der Waals surface area contributed by atoms with Gasteiger partial charge in [-0.05, 0) is 40.2 Å². The van der Waals surface area contributed by atoms with E-state index in [4.69, 9.17) is 4.74 Å². The molecule has 118 valence electrons. The third-order valence-corrected chi connectivity index (χ3v) is 4.83. The van der Waals surface area contributed by atoms with Crippen molar-refractivity contribution in [2.24, 2.45) is 0 Å². The molecule has 0 heterocycles. The highest BCUT2D eigenvalue weighted by atomic mass is 32.2. The molecular formula is C17H27NO2S. The maximum atomic E-state index is 12.2. The smallest absolute Gasteiger partial charge is 0.233 e. The quantitative estimate of drug-likeness (QED) is 0.829. The van der Waals surface area contributed by atoms with Gasteiger partial charge in [0.25, 0.3) is 0 Å². The molecule has 1 amide bonds. The Morgan fingerprint density at radius 2 is 2.10 bits per heavy atom. The van der Waals surface area contributed by atoms with Crippen LogP contribution in [0.25, 0.3) is 0 Å². The second-order valence-electron chi connectivity index (χ2n) is 6.00. The van der Waals surface area contributed by atoms with Crippen LogP contribution >= 0.6 is 11.8 Å². The first kappa shape index (κ1) is 17.9. The number of ether oxygens (including phenoxy) is 1. The maximum Gasteiger partial charge on any atom is 0.233 e. The van der Waals surface area contributed by atoms with Crippen LogP contribution in [0.4, 0.5) is 0 Å². The second kappa shape index (κ2) is 7.74. The molecule has 0 aromatic heterocycles. The van der Waals surface area contributed by atoms with E-state index in [1.165, 1.54) is 5.56 Å². The third kappa shape index (κ3) is 5.62. The molecule has 1 aromatic rings. The minimum Gasteiger partial charge on any atom is -0.496 e. The van der Waals surface area contributed by atoms with Crippen molar-refractivity contribution in [1.29, 1.82) is 0 Å². The Morgan fingerprint density at radius 1 is 1.43 bits per heavy atom. The van der Waals surface area contributed by atoms with Crippen LogP contribution in [0.2, 0.25) is 0 Å². The number of methoxy groups -OCH3 is 1. The number of aryl methyl sites for hydroxylation is 1. The zero-order valence-corrected chi connectivity index (χ0v) is 14.8. The Hall–Kier alpha value is -1.16. The van der Waals surface area contributed by atoms with Gasteiger partial charge in [-0.3, -0.25) is 4.79 Å². The molecule has 1 rings (SSSR count). The molecule has 21 heavy (non-hydrogen) atoms. The number of benzene rings is 1. The summed E-state index contributed by atoms with van der Waals surface area (Å²) >= 11 is 1.63. The SMILES string of the molecule is CCC(C)(C)NC(=O)C(C)SCc1cc(C)ccc1OC. The highest BCUT2D eigenvalue weighted by Crippen LogP contribution is 2.26. The molecule has 1 N–H and O–H groups in total. The fraction of sp³-hybridized carbons (Fsp3) is 0.588. The summed E-state index contributed by atoms with van der Waals surface area (Å²) in [6.45, 7) is 10.2. The molecule has 0 aliphatic rings. The summed E-state index contributed by atoms with van der Waals surface area (Å²) < 4.78 is 5.38. The van der Waals surface area contributed by atoms with Crippen molar-refractivity contribution in [3.05, 3.63) is 29.3 Å². The van der Waals surface area contributed by atoms with Gasteiger partial charge in [0, 0.05) is 16.9 Å². The number of hydrogen-bond acceptors (Lipinski definition) is 3. The van der Waals surface area contributed by atoms with Gasteiger partial charge in [-0.1, -0.05) is 24.6 Å². The molecule has 0 aliphatic heterocycles. The summed E-state index contributed by atoms with van der Waals surface area (Å²) in [5, 5.41) is 3.01. The lowest BCUT2D eigenvalue weighted by Gasteiger charge is -2.26. The predicted octanol–water partition coefficient (Wildman–Crippen LogP) is 3.93. The van der Waals surface area contributed by atoms with Crippen LogP contribution in [-0.2, 0) is 10.5 Å². The van der Waals surface area contributed by atoms with E-state index < -0.39 is 0 Å². The van der Waals surface area contributed by atoms with E-state index in [-0.39, 0.29) is 16.7 Å². The minimum absolute atomic E-state index is 0.0824. The van der Waals surface area contributed by atoms with E-state index >= 15 is 0 Å². The van der Waals surface area contributed by atoms with Gasteiger partial charge in [0.1, 0.15) is 5.75 Å². The monoisotopic (exact) mass is 309 g/mol. The Labute approximate surface area is 132 Å². The summed E-state index contributed by atoms with van der Waals surface area (Å²) in [5.74, 6) is 1.75. The van der Waals surface area contributed by atoms with E-state index in [0.717, 1.165) is 23.5 Å². The van der Waals surface area contributed by atoms with Gasteiger partial charge in [-0.15, -0.1) is 11.8 Å². The van der Waals surface area contributed by atoms with Crippen molar-refractivity contribution in [1.82, 2.24) is 5.32 Å². The predicted molar refractivity (Wildman–Crippen MR) is 91.0 cm³/mol. The van der Waals surface area contributed by atoms with Crippen molar-refractivity contribution in [2.75, 3.05) is 7.11 Å². The van der Waals surface area contributed by atoms with Crippen LogP contribution < -0.4 is 10.1 Å². The topological polar surface area (TPSA) is 38.3 Å². The number of rotatable bonds is 7. The summed E-state index contributed by atoms with van der Waals surface area (Å²) in [5.41, 5.74) is 2.19. The first-order valence-corrected chi connectivity index (χ1v) is 8.41. The third-order valence-electron chi connectivity index (χ3n) is 3.64. The van der Waals surface area contributed by atoms with Crippen LogP contribution in [-0.4, -0.2) is 23.8 Å². The number of nitrogens with one attached hydrogen (secondary N) is 1. The van der Waals surface area contributed by atoms with E-state index in [2.05, 4.69) is 25.2 Å². The van der Waals surface area contributed by atoms with Gasteiger partial charge in [0.05, 0.1) is 12.4 Å². The molecule has 1 unspecified atom stereocenters. The van der Waals surface area contributed by atoms with Gasteiger partial charge in [0.2, 0.25) is 5.91 Å². The summed E-state index contributed by atoms with van der Waals surface area (Å²) in [4.78, 5) is 12.2.